The SMILES string of the molecule is CN=C(N=P(c1ccccc1)(c1ccccc1)c1ccccc1)c1ccccc1. The topological polar surface area (TPSA) is 24.7 Å². The minimum absolute atomic E-state index is 0.774. The Balaban J connectivity index is 2.11. The molecule has 3 heteroatoms. The standard InChI is InChI=1S/C26H23N2P/c1-27-26(22-14-6-2-7-15-22)28-29(23-16-8-3-9-17-23,24-18-10-4-11-19-24)25-20-12-5-13-21-25/h2-21H,1H3. The molecule has 0 fully saturated rings. The largest absolute Gasteiger partial charge is 0.270 e. The fourth-order valence-corrected chi connectivity index (χ4v) is 7.05. The Morgan fingerprint density at radius 1 is 0.517 bits per heavy atom. The van der Waals surface area contributed by atoms with Crippen LogP contribution in [0.5, 0.6) is 0 Å². The first-order valence-electron chi connectivity index (χ1n) is 9.66. The molecule has 0 aliphatic heterocycles. The number of nitrogens with zero attached hydrogens (tertiary/aromatic N) is 2. The molecule has 0 aliphatic carbocycles. The van der Waals surface area contributed by atoms with E-state index in [2.05, 4.69) is 108 Å². The fourth-order valence-electron chi connectivity index (χ4n) is 3.51. The van der Waals surface area contributed by atoms with Crippen molar-refractivity contribution in [1.29, 1.82) is 0 Å². The fraction of sp³-hybridized carbons (Fsp3) is 0.0385. The van der Waals surface area contributed by atoms with E-state index in [1.54, 1.807) is 0 Å². The van der Waals surface area contributed by atoms with Crippen molar-refractivity contribution in [3.63, 3.8) is 0 Å². The Morgan fingerprint density at radius 3 is 1.21 bits per heavy atom. The van der Waals surface area contributed by atoms with Gasteiger partial charge in [-0.25, -0.2) is 4.74 Å². The number of amidine groups is 1. The van der Waals surface area contributed by atoms with Crippen molar-refractivity contribution in [2.75, 3.05) is 7.05 Å². The van der Waals surface area contributed by atoms with E-state index in [1.165, 1.54) is 15.9 Å². The molecule has 142 valence electrons. The van der Waals surface area contributed by atoms with Crippen LogP contribution in [-0.4, -0.2) is 12.9 Å². The molecule has 0 radical (unpaired) electrons. The molecule has 0 unspecified atom stereocenters. The summed E-state index contributed by atoms with van der Waals surface area (Å²) in [4.78, 5) is 4.60. The van der Waals surface area contributed by atoms with Gasteiger partial charge in [0.15, 0.2) is 5.84 Å². The number of hydrogen-bond acceptors (Lipinski definition) is 1. The summed E-state index contributed by atoms with van der Waals surface area (Å²) < 4.78 is 5.47. The van der Waals surface area contributed by atoms with Gasteiger partial charge in [0.1, 0.15) is 0 Å². The second-order valence-corrected chi connectivity index (χ2v) is 9.68. The second kappa shape index (κ2) is 8.86. The number of rotatable bonds is 4. The van der Waals surface area contributed by atoms with Crippen LogP contribution in [-0.2, 0) is 0 Å². The molecule has 0 N–H and O–H groups in total. The molecule has 0 amide bonds. The third kappa shape index (κ3) is 3.85. The summed E-state index contributed by atoms with van der Waals surface area (Å²) in [5.74, 6) is 0.774. The van der Waals surface area contributed by atoms with Gasteiger partial charge in [0.25, 0.3) is 0 Å². The highest BCUT2D eigenvalue weighted by Crippen LogP contribution is 2.46. The van der Waals surface area contributed by atoms with Gasteiger partial charge >= 0.3 is 0 Å². The molecule has 2 nitrogen and oxygen atoms in total. The Kier molecular flexibility index (Phi) is 5.84. The van der Waals surface area contributed by atoms with Gasteiger partial charge in [-0.1, -0.05) is 121 Å². The molecule has 0 aliphatic rings. The van der Waals surface area contributed by atoms with Gasteiger partial charge in [-0.2, -0.15) is 0 Å². The van der Waals surface area contributed by atoms with Crippen LogP contribution in [0.3, 0.4) is 0 Å². The van der Waals surface area contributed by atoms with E-state index in [4.69, 9.17) is 4.74 Å². The van der Waals surface area contributed by atoms with E-state index in [1.807, 2.05) is 25.2 Å². The predicted octanol–water partition coefficient (Wildman–Crippen LogP) is 5.24. The van der Waals surface area contributed by atoms with E-state index in [0.717, 1.165) is 11.4 Å². The van der Waals surface area contributed by atoms with Crippen LogP contribution in [0.25, 0.3) is 0 Å². The minimum Gasteiger partial charge on any atom is -0.270 e. The third-order valence-electron chi connectivity index (χ3n) is 4.88. The second-order valence-electron chi connectivity index (χ2n) is 6.66. The van der Waals surface area contributed by atoms with Gasteiger partial charge in [-0.3, -0.25) is 4.99 Å². The molecular formula is C26H23N2P. The Morgan fingerprint density at radius 2 is 0.862 bits per heavy atom. The molecule has 4 rings (SSSR count). The van der Waals surface area contributed by atoms with Crippen LogP contribution < -0.4 is 15.9 Å². The first kappa shape index (κ1) is 19.1. The van der Waals surface area contributed by atoms with Gasteiger partial charge in [0, 0.05) is 28.5 Å². The van der Waals surface area contributed by atoms with Crippen LogP contribution in [0.1, 0.15) is 5.56 Å². The zero-order valence-corrected chi connectivity index (χ0v) is 17.3. The van der Waals surface area contributed by atoms with Gasteiger partial charge in [0.05, 0.1) is 7.05 Å². The van der Waals surface area contributed by atoms with Gasteiger partial charge in [-0.15, -0.1) is 0 Å². The Labute approximate surface area is 172 Å². The molecule has 0 heterocycles. The van der Waals surface area contributed by atoms with Crippen molar-refractivity contribution in [2.24, 2.45) is 9.74 Å². The lowest BCUT2D eigenvalue weighted by molar-refractivity contribution is 1.39. The maximum absolute atomic E-state index is 5.47. The van der Waals surface area contributed by atoms with Crippen LogP contribution in [0.2, 0.25) is 0 Å². The average Bonchev–Trinajstić information content (AvgIpc) is 2.82. The molecule has 0 atom stereocenters. The first-order chi connectivity index (χ1) is 14.3. The van der Waals surface area contributed by atoms with Gasteiger partial charge in [0.2, 0.25) is 0 Å². The zero-order chi connectivity index (χ0) is 19.9. The van der Waals surface area contributed by atoms with Crippen molar-refractivity contribution in [3.05, 3.63) is 127 Å². The average molecular weight is 394 g/mol. The summed E-state index contributed by atoms with van der Waals surface area (Å²) in [7, 11) is -0.476. The van der Waals surface area contributed by atoms with Crippen LogP contribution in [0.15, 0.2) is 131 Å². The summed E-state index contributed by atoms with van der Waals surface area (Å²) in [6.07, 6.45) is 0. The van der Waals surface area contributed by atoms with E-state index >= 15 is 0 Å². The lowest BCUT2D eigenvalue weighted by Gasteiger charge is -2.27. The molecule has 4 aromatic carbocycles. The van der Waals surface area contributed by atoms with Crippen LogP contribution in [0, 0.1) is 0 Å². The predicted molar refractivity (Wildman–Crippen MR) is 126 cm³/mol. The molecule has 0 bridgehead atoms. The van der Waals surface area contributed by atoms with E-state index < -0.39 is 7.05 Å². The smallest absolute Gasteiger partial charge is 0.153 e. The normalized spacial score (nSPS) is 11.8. The lowest BCUT2D eigenvalue weighted by atomic mass is 10.2. The molecule has 0 saturated carbocycles. The monoisotopic (exact) mass is 394 g/mol. The highest BCUT2D eigenvalue weighted by atomic mass is 31.2. The van der Waals surface area contributed by atoms with Crippen molar-refractivity contribution >= 4 is 28.8 Å². The minimum atomic E-state index is -2.30. The Hall–Kier alpha value is -3.22. The first-order valence-corrected chi connectivity index (χ1v) is 11.4. The Bertz CT molecular complexity index is 1030. The third-order valence-corrected chi connectivity index (χ3v) is 8.50. The van der Waals surface area contributed by atoms with Crippen molar-refractivity contribution in [1.82, 2.24) is 0 Å². The van der Waals surface area contributed by atoms with Crippen molar-refractivity contribution in [2.45, 2.75) is 0 Å². The van der Waals surface area contributed by atoms with E-state index in [-0.39, 0.29) is 0 Å². The summed E-state index contributed by atoms with van der Waals surface area (Å²) >= 11 is 0. The number of benzene rings is 4. The molecule has 29 heavy (non-hydrogen) atoms. The lowest BCUT2D eigenvalue weighted by Crippen LogP contribution is -2.26. The number of aliphatic imine (C=N–C) groups is 1. The molecule has 0 aromatic heterocycles. The van der Waals surface area contributed by atoms with E-state index in [9.17, 15) is 0 Å². The van der Waals surface area contributed by atoms with Crippen molar-refractivity contribution in [3.8, 4) is 0 Å². The van der Waals surface area contributed by atoms with Gasteiger partial charge in [-0.05, 0) is 0 Å². The molecule has 0 spiro atoms. The molecular weight excluding hydrogens is 371 g/mol. The number of hydrogen-bond donors (Lipinski definition) is 0. The molecule has 0 saturated heterocycles. The van der Waals surface area contributed by atoms with Crippen LogP contribution in [0.4, 0.5) is 0 Å². The van der Waals surface area contributed by atoms with E-state index in [0.29, 0.717) is 0 Å². The summed E-state index contributed by atoms with van der Waals surface area (Å²) in [6, 6.07) is 42.1. The highest BCUT2D eigenvalue weighted by Gasteiger charge is 2.28. The van der Waals surface area contributed by atoms with Crippen molar-refractivity contribution < 1.29 is 0 Å². The molecule has 4 aromatic rings. The summed E-state index contributed by atoms with van der Waals surface area (Å²) in [5, 5.41) is 3.65. The maximum Gasteiger partial charge on any atom is 0.153 e. The quantitative estimate of drug-likeness (QED) is 0.257. The van der Waals surface area contributed by atoms with Gasteiger partial charge < -0.3 is 0 Å². The summed E-state index contributed by atoms with van der Waals surface area (Å²) in [6.45, 7) is 0. The van der Waals surface area contributed by atoms with Crippen LogP contribution >= 0.6 is 7.05 Å². The zero-order valence-electron chi connectivity index (χ0n) is 16.4. The summed E-state index contributed by atoms with van der Waals surface area (Å²) in [5.41, 5.74) is 1.03. The maximum atomic E-state index is 5.47. The highest BCUT2D eigenvalue weighted by molar-refractivity contribution is 7.87.